The number of hydrogen-bond donors (Lipinski definition) is 1. The zero-order valence-corrected chi connectivity index (χ0v) is 12.8. The van der Waals surface area contributed by atoms with Gasteiger partial charge < -0.3 is 10.1 Å². The van der Waals surface area contributed by atoms with Crippen LogP contribution in [0.3, 0.4) is 0 Å². The van der Waals surface area contributed by atoms with Crippen molar-refractivity contribution >= 4 is 11.7 Å². The quantitative estimate of drug-likeness (QED) is 0.777. The Labute approximate surface area is 137 Å². The van der Waals surface area contributed by atoms with Crippen molar-refractivity contribution in [3.8, 4) is 11.6 Å². The molecule has 24 heavy (non-hydrogen) atoms. The molecule has 1 atom stereocenters. The van der Waals surface area contributed by atoms with Gasteiger partial charge in [-0.2, -0.15) is 5.10 Å². The Hall–Kier alpha value is -3.29. The van der Waals surface area contributed by atoms with E-state index in [1.54, 1.807) is 36.1 Å². The molecule has 2 aromatic heterocycles. The third kappa shape index (κ3) is 3.72. The average Bonchev–Trinajstić information content (AvgIpc) is 3.12. The number of ether oxygens (including phenoxy) is 1. The van der Waals surface area contributed by atoms with E-state index in [1.165, 1.54) is 30.6 Å². The second-order valence-electron chi connectivity index (χ2n) is 4.92. The zero-order chi connectivity index (χ0) is 16.9. The monoisotopic (exact) mass is 327 g/mol. The molecule has 2 heterocycles. The summed E-state index contributed by atoms with van der Waals surface area (Å²) in [4.78, 5) is 20.3. The van der Waals surface area contributed by atoms with Gasteiger partial charge in [0.2, 0.25) is 0 Å². The van der Waals surface area contributed by atoms with E-state index in [9.17, 15) is 9.18 Å². The molecule has 0 radical (unpaired) electrons. The molecule has 1 N–H and O–H groups in total. The molecule has 7 nitrogen and oxygen atoms in total. The van der Waals surface area contributed by atoms with Crippen molar-refractivity contribution in [2.24, 2.45) is 0 Å². The van der Waals surface area contributed by atoms with Crippen LogP contribution < -0.4 is 10.1 Å². The van der Waals surface area contributed by atoms with Gasteiger partial charge in [0.15, 0.2) is 11.9 Å². The number of hydrogen-bond acceptors (Lipinski definition) is 5. The number of carbonyl (C=O) groups is 1. The first-order chi connectivity index (χ1) is 11.6. The molecular weight excluding hydrogens is 313 g/mol. The number of anilines is 1. The summed E-state index contributed by atoms with van der Waals surface area (Å²) < 4.78 is 19.9. The second kappa shape index (κ2) is 6.86. The van der Waals surface area contributed by atoms with Gasteiger partial charge in [0, 0.05) is 18.5 Å². The Bertz CT molecular complexity index is 821. The summed E-state index contributed by atoms with van der Waals surface area (Å²) in [7, 11) is 0. The molecule has 3 rings (SSSR count). The van der Waals surface area contributed by atoms with Crippen molar-refractivity contribution in [3.63, 3.8) is 0 Å². The number of nitrogens with zero attached hydrogens (tertiary/aromatic N) is 4. The van der Waals surface area contributed by atoms with E-state index in [-0.39, 0.29) is 11.7 Å². The third-order valence-corrected chi connectivity index (χ3v) is 3.14. The van der Waals surface area contributed by atoms with Crippen LogP contribution in [-0.4, -0.2) is 31.8 Å². The predicted octanol–water partition coefficient (Wildman–Crippen LogP) is 2.21. The second-order valence-corrected chi connectivity index (χ2v) is 4.92. The minimum atomic E-state index is -0.779. The maximum Gasteiger partial charge on any atom is 0.266 e. The topological polar surface area (TPSA) is 81.9 Å². The average molecular weight is 327 g/mol. The Morgan fingerprint density at radius 3 is 2.79 bits per heavy atom. The van der Waals surface area contributed by atoms with Crippen molar-refractivity contribution in [1.29, 1.82) is 0 Å². The summed E-state index contributed by atoms with van der Waals surface area (Å²) >= 11 is 0. The molecule has 0 spiro atoms. The molecule has 0 saturated carbocycles. The molecule has 8 heteroatoms. The van der Waals surface area contributed by atoms with Gasteiger partial charge in [-0.15, -0.1) is 0 Å². The number of halogens is 1. The molecule has 0 aliphatic heterocycles. The fourth-order valence-corrected chi connectivity index (χ4v) is 1.94. The van der Waals surface area contributed by atoms with Crippen LogP contribution >= 0.6 is 0 Å². The summed E-state index contributed by atoms with van der Waals surface area (Å²) in [5.74, 6) is 0.502. The minimum Gasteiger partial charge on any atom is -0.481 e. The first kappa shape index (κ1) is 15.6. The van der Waals surface area contributed by atoms with E-state index < -0.39 is 6.10 Å². The summed E-state index contributed by atoms with van der Waals surface area (Å²) in [6.07, 6.45) is 3.91. The Balaban J connectivity index is 1.66. The summed E-state index contributed by atoms with van der Waals surface area (Å²) in [6.45, 7) is 1.59. The highest BCUT2D eigenvalue weighted by molar-refractivity contribution is 5.93. The van der Waals surface area contributed by atoms with Crippen LogP contribution in [0.4, 0.5) is 10.2 Å². The number of benzene rings is 1. The number of carbonyl (C=O) groups excluding carboxylic acids is 1. The highest BCUT2D eigenvalue weighted by Crippen LogP contribution is 2.14. The van der Waals surface area contributed by atoms with E-state index in [0.29, 0.717) is 17.4 Å². The van der Waals surface area contributed by atoms with Crippen molar-refractivity contribution < 1.29 is 13.9 Å². The van der Waals surface area contributed by atoms with Crippen LogP contribution in [0, 0.1) is 5.82 Å². The van der Waals surface area contributed by atoms with Crippen LogP contribution in [0.15, 0.2) is 55.1 Å². The van der Waals surface area contributed by atoms with Gasteiger partial charge in [-0.05, 0) is 37.3 Å². The van der Waals surface area contributed by atoms with Gasteiger partial charge in [0.25, 0.3) is 5.91 Å². The fourth-order valence-electron chi connectivity index (χ4n) is 1.94. The predicted molar refractivity (Wildman–Crippen MR) is 84.3 cm³/mol. The van der Waals surface area contributed by atoms with Gasteiger partial charge >= 0.3 is 0 Å². The molecule has 0 aliphatic rings. The molecular formula is C16H14FN5O2. The Morgan fingerprint density at radius 1 is 1.29 bits per heavy atom. The van der Waals surface area contributed by atoms with E-state index in [1.807, 2.05) is 0 Å². The third-order valence-electron chi connectivity index (χ3n) is 3.14. The van der Waals surface area contributed by atoms with E-state index in [2.05, 4.69) is 20.4 Å². The maximum absolute atomic E-state index is 12.9. The Morgan fingerprint density at radius 2 is 2.08 bits per heavy atom. The lowest BCUT2D eigenvalue weighted by Crippen LogP contribution is -2.30. The van der Waals surface area contributed by atoms with Crippen LogP contribution in [0.25, 0.3) is 5.82 Å². The summed E-state index contributed by atoms with van der Waals surface area (Å²) in [5, 5.41) is 6.71. The van der Waals surface area contributed by atoms with Gasteiger partial charge in [-0.3, -0.25) is 4.79 Å². The Kier molecular flexibility index (Phi) is 4.46. The van der Waals surface area contributed by atoms with Crippen molar-refractivity contribution in [1.82, 2.24) is 19.7 Å². The van der Waals surface area contributed by atoms with E-state index in [4.69, 9.17) is 4.74 Å². The van der Waals surface area contributed by atoms with E-state index in [0.717, 1.165) is 0 Å². The molecule has 1 unspecified atom stereocenters. The van der Waals surface area contributed by atoms with Crippen LogP contribution in [-0.2, 0) is 4.79 Å². The highest BCUT2D eigenvalue weighted by atomic mass is 19.1. The van der Waals surface area contributed by atoms with Gasteiger partial charge in [0.05, 0.1) is 0 Å². The van der Waals surface area contributed by atoms with Gasteiger partial charge in [-0.1, -0.05) is 0 Å². The largest absolute Gasteiger partial charge is 0.481 e. The minimum absolute atomic E-state index is 0.329. The molecule has 0 bridgehead atoms. The van der Waals surface area contributed by atoms with Crippen LogP contribution in [0.2, 0.25) is 0 Å². The SMILES string of the molecule is CC(Oc1ccc(F)cc1)C(=O)Nc1cc(-n2cccn2)ncn1. The van der Waals surface area contributed by atoms with Gasteiger partial charge in [-0.25, -0.2) is 19.0 Å². The fraction of sp³-hybridized carbons (Fsp3) is 0.125. The number of rotatable bonds is 5. The van der Waals surface area contributed by atoms with Gasteiger partial charge in [0.1, 0.15) is 23.7 Å². The molecule has 0 aliphatic carbocycles. The molecule has 122 valence electrons. The molecule has 1 aromatic carbocycles. The summed E-state index contributed by atoms with van der Waals surface area (Å²) in [6, 6.07) is 8.80. The maximum atomic E-state index is 12.9. The van der Waals surface area contributed by atoms with Crippen LogP contribution in [0.1, 0.15) is 6.92 Å². The summed E-state index contributed by atoms with van der Waals surface area (Å²) in [5.41, 5.74) is 0. The zero-order valence-electron chi connectivity index (χ0n) is 12.8. The number of amides is 1. The normalized spacial score (nSPS) is 11.8. The lowest BCUT2D eigenvalue weighted by molar-refractivity contribution is -0.122. The lowest BCUT2D eigenvalue weighted by Gasteiger charge is -2.14. The van der Waals surface area contributed by atoms with Crippen LogP contribution in [0.5, 0.6) is 5.75 Å². The van der Waals surface area contributed by atoms with Crippen molar-refractivity contribution in [2.75, 3.05) is 5.32 Å². The first-order valence-electron chi connectivity index (χ1n) is 7.17. The van der Waals surface area contributed by atoms with Crippen molar-refractivity contribution in [3.05, 3.63) is 60.9 Å². The smallest absolute Gasteiger partial charge is 0.266 e. The first-order valence-corrected chi connectivity index (χ1v) is 7.17. The molecule has 1 amide bonds. The molecule has 3 aromatic rings. The standard InChI is InChI=1S/C16H14FN5O2/c1-11(24-13-5-3-12(17)4-6-13)16(23)21-14-9-15(19-10-18-14)22-8-2-7-20-22/h2-11H,1H3,(H,18,19,21,23). The van der Waals surface area contributed by atoms with Crippen molar-refractivity contribution in [2.45, 2.75) is 13.0 Å². The number of nitrogens with one attached hydrogen (secondary N) is 1. The highest BCUT2D eigenvalue weighted by Gasteiger charge is 2.16. The lowest BCUT2D eigenvalue weighted by atomic mass is 10.3. The van der Waals surface area contributed by atoms with E-state index >= 15 is 0 Å². The number of aromatic nitrogens is 4. The molecule has 0 fully saturated rings. The molecule has 0 saturated heterocycles.